The molecule has 13 heavy (non-hydrogen) atoms. The summed E-state index contributed by atoms with van der Waals surface area (Å²) in [6, 6.07) is 0. The van der Waals surface area contributed by atoms with Crippen molar-refractivity contribution in [2.45, 2.75) is 26.1 Å². The number of hydrogen-bond acceptors (Lipinski definition) is 2. The highest BCUT2D eigenvalue weighted by Gasteiger charge is 2.26. The minimum atomic E-state index is -0.491. The molecule has 0 aromatic carbocycles. The normalized spacial score (nSPS) is 30.2. The van der Waals surface area contributed by atoms with Crippen molar-refractivity contribution >= 4 is 16.1 Å². The number of ether oxygens (including phenoxy) is 1. The molecule has 0 radical (unpaired) electrons. The van der Waals surface area contributed by atoms with Gasteiger partial charge in [-0.3, -0.25) is 4.79 Å². The van der Waals surface area contributed by atoms with E-state index < -0.39 is 10.9 Å². The predicted molar refractivity (Wildman–Crippen MR) is 57.8 cm³/mol. The van der Waals surface area contributed by atoms with Gasteiger partial charge in [-0.1, -0.05) is 0 Å². The molecule has 0 N–H and O–H groups in total. The lowest BCUT2D eigenvalue weighted by atomic mass is 10.2. The van der Waals surface area contributed by atoms with E-state index in [-0.39, 0.29) is 12.2 Å². The molecule has 1 fully saturated rings. The van der Waals surface area contributed by atoms with Crippen molar-refractivity contribution in [1.29, 1.82) is 0 Å². The molecule has 3 nitrogen and oxygen atoms in total. The Morgan fingerprint density at radius 3 is 2.15 bits per heavy atom. The van der Waals surface area contributed by atoms with Gasteiger partial charge in [0.25, 0.3) is 5.24 Å². The Bertz CT molecular complexity index is 186. The van der Waals surface area contributed by atoms with Gasteiger partial charge in [0.15, 0.2) is 0 Å². The van der Waals surface area contributed by atoms with Gasteiger partial charge in [-0.2, -0.15) is 10.9 Å². The third kappa shape index (κ3) is 2.88. The van der Waals surface area contributed by atoms with Crippen LogP contribution in [0.3, 0.4) is 0 Å². The van der Waals surface area contributed by atoms with Crippen LogP contribution in [0, 0.1) is 0 Å². The fourth-order valence-electron chi connectivity index (χ4n) is 1.62. The molecule has 1 amide bonds. The first kappa shape index (κ1) is 10.9. The lowest BCUT2D eigenvalue weighted by Gasteiger charge is -2.36. The Hall–Kier alpha value is -0.220. The first-order valence-electron chi connectivity index (χ1n) is 4.62. The fraction of sp³-hybridized carbons (Fsp3) is 0.889. The van der Waals surface area contributed by atoms with Crippen LogP contribution in [-0.2, 0) is 4.74 Å². The highest BCUT2D eigenvalue weighted by Crippen LogP contribution is 2.22. The summed E-state index contributed by atoms with van der Waals surface area (Å²) in [6.45, 7) is 5.54. The van der Waals surface area contributed by atoms with E-state index in [4.69, 9.17) is 4.74 Å². The summed E-state index contributed by atoms with van der Waals surface area (Å²) in [4.78, 5) is 13.6. The van der Waals surface area contributed by atoms with Crippen molar-refractivity contribution in [1.82, 2.24) is 4.90 Å². The summed E-state index contributed by atoms with van der Waals surface area (Å²) in [6.07, 6.45) is 4.37. The van der Waals surface area contributed by atoms with Gasteiger partial charge in [-0.25, -0.2) is 0 Å². The van der Waals surface area contributed by atoms with E-state index in [0.29, 0.717) is 5.24 Å². The predicted octanol–water partition coefficient (Wildman–Crippen LogP) is 1.48. The Kier molecular flexibility index (Phi) is 3.62. The first-order chi connectivity index (χ1) is 6.00. The van der Waals surface area contributed by atoms with Crippen molar-refractivity contribution in [3.63, 3.8) is 0 Å². The third-order valence-corrected chi connectivity index (χ3v) is 3.12. The minimum Gasteiger partial charge on any atom is -0.372 e. The molecule has 1 heterocycles. The van der Waals surface area contributed by atoms with Gasteiger partial charge in [-0.15, -0.1) is 0 Å². The zero-order valence-electron chi connectivity index (χ0n) is 8.78. The number of rotatable bonds is 0. The molecule has 0 spiro atoms. The second kappa shape index (κ2) is 4.33. The van der Waals surface area contributed by atoms with Gasteiger partial charge in [0, 0.05) is 13.1 Å². The minimum absolute atomic E-state index is 0.183. The molecule has 0 aliphatic carbocycles. The fourth-order valence-corrected chi connectivity index (χ4v) is 2.35. The molecule has 0 aromatic heterocycles. The van der Waals surface area contributed by atoms with E-state index in [0.717, 1.165) is 13.1 Å². The standard InChI is InChI=1S/C9H19NO2S/c1-7-5-10(6-8(2)12-7)9(11)13(3)4/h7-8,13H,5-6H2,1-4H3/t7-,8+. The average Bonchev–Trinajstić information content (AvgIpc) is 2.01. The van der Waals surface area contributed by atoms with Crippen molar-refractivity contribution < 1.29 is 9.53 Å². The number of carbonyl (C=O) groups is 1. The number of carbonyl (C=O) groups excluding carboxylic acids is 1. The number of morpholine rings is 1. The summed E-state index contributed by atoms with van der Waals surface area (Å²) in [7, 11) is -0.491. The van der Waals surface area contributed by atoms with E-state index >= 15 is 0 Å². The van der Waals surface area contributed by atoms with E-state index in [9.17, 15) is 4.79 Å². The summed E-state index contributed by atoms with van der Waals surface area (Å²) in [5.41, 5.74) is 0. The maximum Gasteiger partial charge on any atom is 0.261 e. The molecule has 1 aliphatic rings. The van der Waals surface area contributed by atoms with Crippen molar-refractivity contribution in [2.75, 3.05) is 25.6 Å². The SMILES string of the molecule is C[C@@H]1CN(C(=O)[SH](C)C)C[C@H](C)O1. The van der Waals surface area contributed by atoms with Gasteiger partial charge in [0.2, 0.25) is 0 Å². The number of nitrogens with zero attached hydrogens (tertiary/aromatic N) is 1. The molecule has 0 bridgehead atoms. The van der Waals surface area contributed by atoms with E-state index in [1.165, 1.54) is 0 Å². The number of thiol groups is 1. The van der Waals surface area contributed by atoms with Crippen LogP contribution in [0.5, 0.6) is 0 Å². The van der Waals surface area contributed by atoms with Crippen LogP contribution in [0.4, 0.5) is 4.79 Å². The molecule has 0 saturated carbocycles. The molecule has 0 aromatic rings. The van der Waals surface area contributed by atoms with Crippen LogP contribution in [-0.4, -0.2) is 47.9 Å². The third-order valence-electron chi connectivity index (χ3n) is 2.07. The monoisotopic (exact) mass is 205 g/mol. The quantitative estimate of drug-likeness (QED) is 0.607. The maximum atomic E-state index is 11.7. The first-order valence-corrected chi connectivity index (χ1v) is 6.86. The van der Waals surface area contributed by atoms with Gasteiger partial charge < -0.3 is 9.64 Å². The Morgan fingerprint density at radius 1 is 1.31 bits per heavy atom. The second-order valence-corrected chi connectivity index (χ2v) is 6.01. The van der Waals surface area contributed by atoms with E-state index in [1.807, 2.05) is 31.3 Å². The molecule has 0 unspecified atom stereocenters. The molecule has 1 saturated heterocycles. The molecular weight excluding hydrogens is 186 g/mol. The zero-order valence-corrected chi connectivity index (χ0v) is 9.67. The topological polar surface area (TPSA) is 29.5 Å². The van der Waals surface area contributed by atoms with E-state index in [2.05, 4.69) is 0 Å². The average molecular weight is 205 g/mol. The second-order valence-electron chi connectivity index (χ2n) is 3.84. The molecule has 4 heteroatoms. The highest BCUT2D eigenvalue weighted by molar-refractivity contribution is 8.28. The highest BCUT2D eigenvalue weighted by atomic mass is 32.2. The largest absolute Gasteiger partial charge is 0.372 e. The summed E-state index contributed by atoms with van der Waals surface area (Å²) >= 11 is 0. The Morgan fingerprint density at radius 2 is 1.77 bits per heavy atom. The van der Waals surface area contributed by atoms with Crippen molar-refractivity contribution in [2.24, 2.45) is 0 Å². The molecule has 78 valence electrons. The van der Waals surface area contributed by atoms with Crippen LogP contribution in [0.25, 0.3) is 0 Å². The van der Waals surface area contributed by atoms with Gasteiger partial charge >= 0.3 is 0 Å². The smallest absolute Gasteiger partial charge is 0.261 e. The van der Waals surface area contributed by atoms with Crippen LogP contribution in [0.1, 0.15) is 13.8 Å². The summed E-state index contributed by atoms with van der Waals surface area (Å²) in [5, 5.41) is 0.303. The number of amides is 1. The van der Waals surface area contributed by atoms with Crippen LogP contribution < -0.4 is 0 Å². The van der Waals surface area contributed by atoms with Gasteiger partial charge in [0.05, 0.1) is 12.2 Å². The molecule has 1 rings (SSSR count). The maximum absolute atomic E-state index is 11.7. The number of hydrogen-bond donors (Lipinski definition) is 1. The Labute approximate surface area is 82.8 Å². The van der Waals surface area contributed by atoms with Gasteiger partial charge in [0.1, 0.15) is 0 Å². The summed E-state index contributed by atoms with van der Waals surface area (Å²) < 4.78 is 5.56. The lowest BCUT2D eigenvalue weighted by molar-refractivity contribution is -0.0516. The lowest BCUT2D eigenvalue weighted by Crippen LogP contribution is -2.47. The molecule has 2 atom stereocenters. The van der Waals surface area contributed by atoms with Gasteiger partial charge in [-0.05, 0) is 26.4 Å². The summed E-state index contributed by atoms with van der Waals surface area (Å²) in [5.74, 6) is 0. The van der Waals surface area contributed by atoms with Crippen molar-refractivity contribution in [3.8, 4) is 0 Å². The van der Waals surface area contributed by atoms with E-state index in [1.54, 1.807) is 0 Å². The van der Waals surface area contributed by atoms with Crippen LogP contribution in [0.15, 0.2) is 0 Å². The van der Waals surface area contributed by atoms with Crippen LogP contribution in [0.2, 0.25) is 0 Å². The zero-order chi connectivity index (χ0) is 10.0. The Balaban J connectivity index is 2.55. The van der Waals surface area contributed by atoms with Crippen molar-refractivity contribution in [3.05, 3.63) is 0 Å². The molecular formula is C9H19NO2S. The van der Waals surface area contributed by atoms with Crippen LogP contribution >= 0.6 is 10.9 Å². The molecule has 1 aliphatic heterocycles.